The Morgan fingerprint density at radius 1 is 1.07 bits per heavy atom. The first kappa shape index (κ1) is 18.8. The zero-order valence-corrected chi connectivity index (χ0v) is 15.1. The maximum atomic E-state index is 12.4. The van der Waals surface area contributed by atoms with Crippen LogP contribution in [0.4, 0.5) is 5.69 Å². The van der Waals surface area contributed by atoms with Crippen molar-refractivity contribution in [2.45, 2.75) is 6.54 Å². The molecule has 3 N–H and O–H groups in total. The van der Waals surface area contributed by atoms with Crippen molar-refractivity contribution in [1.82, 2.24) is 9.78 Å². The summed E-state index contributed by atoms with van der Waals surface area (Å²) in [5.41, 5.74) is 6.65. The van der Waals surface area contributed by atoms with E-state index in [0.29, 0.717) is 11.4 Å². The number of anilines is 1. The molecule has 8 heteroatoms. The molecule has 3 rings (SSSR count). The van der Waals surface area contributed by atoms with Gasteiger partial charge in [-0.05, 0) is 42.5 Å². The normalized spacial score (nSPS) is 10.3. The van der Waals surface area contributed by atoms with Gasteiger partial charge in [0.1, 0.15) is 12.3 Å². The standard InChI is InChI=1S/C20H18N4O4/c1-28-14-8-6-13(7-9-14)16-10-11-19(26)24(23-16)12-18(25)22-17-5-3-2-4-15(17)20(21)27/h2-11H,12H2,1H3,(H2,21,27)(H,22,25). The molecule has 3 aromatic rings. The Bertz CT molecular complexity index is 1070. The fourth-order valence-electron chi connectivity index (χ4n) is 2.61. The minimum atomic E-state index is -0.660. The molecule has 2 aromatic carbocycles. The first-order valence-corrected chi connectivity index (χ1v) is 8.39. The van der Waals surface area contributed by atoms with Gasteiger partial charge in [0, 0.05) is 11.6 Å². The quantitative estimate of drug-likeness (QED) is 0.677. The van der Waals surface area contributed by atoms with Crippen LogP contribution in [-0.2, 0) is 11.3 Å². The van der Waals surface area contributed by atoms with Crippen molar-refractivity contribution in [3.05, 3.63) is 76.6 Å². The second-order valence-corrected chi connectivity index (χ2v) is 5.90. The van der Waals surface area contributed by atoms with Crippen LogP contribution in [0.25, 0.3) is 11.3 Å². The molecule has 0 aliphatic carbocycles. The molecule has 2 amide bonds. The highest BCUT2D eigenvalue weighted by atomic mass is 16.5. The number of amides is 2. The number of aromatic nitrogens is 2. The third kappa shape index (κ3) is 4.24. The maximum absolute atomic E-state index is 12.4. The number of ether oxygens (including phenoxy) is 1. The summed E-state index contributed by atoms with van der Waals surface area (Å²) in [5.74, 6) is -0.465. The van der Waals surface area contributed by atoms with Crippen molar-refractivity contribution in [1.29, 1.82) is 0 Å². The number of hydrogen-bond acceptors (Lipinski definition) is 5. The summed E-state index contributed by atoms with van der Waals surface area (Å²) < 4.78 is 6.18. The predicted molar refractivity (Wildman–Crippen MR) is 104 cm³/mol. The Labute approximate surface area is 160 Å². The predicted octanol–water partition coefficient (Wildman–Crippen LogP) is 1.66. The van der Waals surface area contributed by atoms with Crippen LogP contribution in [0.5, 0.6) is 5.75 Å². The van der Waals surface area contributed by atoms with Gasteiger partial charge in [0.2, 0.25) is 5.91 Å². The van der Waals surface area contributed by atoms with Gasteiger partial charge in [0.15, 0.2) is 0 Å². The molecule has 0 fully saturated rings. The highest BCUT2D eigenvalue weighted by molar-refractivity contribution is 6.02. The van der Waals surface area contributed by atoms with Gasteiger partial charge in [-0.15, -0.1) is 0 Å². The van der Waals surface area contributed by atoms with Crippen LogP contribution in [-0.4, -0.2) is 28.7 Å². The largest absolute Gasteiger partial charge is 0.497 e. The van der Waals surface area contributed by atoms with E-state index in [1.54, 1.807) is 55.6 Å². The first-order chi connectivity index (χ1) is 13.5. The number of primary amides is 1. The lowest BCUT2D eigenvalue weighted by molar-refractivity contribution is -0.117. The SMILES string of the molecule is COc1ccc(-c2ccc(=O)n(CC(=O)Nc3ccccc3C(N)=O)n2)cc1. The molecule has 0 spiro atoms. The molecular weight excluding hydrogens is 360 g/mol. The summed E-state index contributed by atoms with van der Waals surface area (Å²) in [5, 5.41) is 6.83. The molecule has 0 saturated heterocycles. The minimum Gasteiger partial charge on any atom is -0.497 e. The highest BCUT2D eigenvalue weighted by Gasteiger charge is 2.12. The number of nitrogens with one attached hydrogen (secondary N) is 1. The van der Waals surface area contributed by atoms with Gasteiger partial charge in [-0.2, -0.15) is 5.10 Å². The fourth-order valence-corrected chi connectivity index (χ4v) is 2.61. The molecular formula is C20H18N4O4. The molecule has 142 valence electrons. The molecule has 0 radical (unpaired) electrons. The lowest BCUT2D eigenvalue weighted by Gasteiger charge is -2.10. The summed E-state index contributed by atoms with van der Waals surface area (Å²) in [7, 11) is 1.57. The van der Waals surface area contributed by atoms with E-state index in [1.165, 1.54) is 12.1 Å². The number of benzene rings is 2. The van der Waals surface area contributed by atoms with Crippen molar-refractivity contribution >= 4 is 17.5 Å². The number of nitrogens with zero attached hydrogens (tertiary/aromatic N) is 2. The molecule has 0 aliphatic rings. The molecule has 1 aromatic heterocycles. The Morgan fingerprint density at radius 2 is 1.79 bits per heavy atom. The number of methoxy groups -OCH3 is 1. The topological polar surface area (TPSA) is 116 Å². The Balaban J connectivity index is 1.81. The summed E-state index contributed by atoms with van der Waals surface area (Å²) in [4.78, 5) is 35.9. The number of carbonyl (C=O) groups is 2. The molecule has 28 heavy (non-hydrogen) atoms. The number of nitrogens with two attached hydrogens (primary N) is 1. The number of para-hydroxylation sites is 1. The third-order valence-corrected chi connectivity index (χ3v) is 4.01. The van der Waals surface area contributed by atoms with Crippen molar-refractivity contribution in [3.63, 3.8) is 0 Å². The van der Waals surface area contributed by atoms with Crippen LogP contribution < -0.4 is 21.3 Å². The van der Waals surface area contributed by atoms with E-state index in [2.05, 4.69) is 10.4 Å². The minimum absolute atomic E-state index is 0.183. The van der Waals surface area contributed by atoms with E-state index < -0.39 is 17.4 Å². The average Bonchev–Trinajstić information content (AvgIpc) is 2.70. The monoisotopic (exact) mass is 378 g/mol. The average molecular weight is 378 g/mol. The summed E-state index contributed by atoms with van der Waals surface area (Å²) in [6, 6.07) is 16.5. The van der Waals surface area contributed by atoms with E-state index in [0.717, 1.165) is 10.2 Å². The molecule has 0 atom stereocenters. The van der Waals surface area contributed by atoms with E-state index in [-0.39, 0.29) is 17.8 Å². The van der Waals surface area contributed by atoms with Crippen LogP contribution in [0.3, 0.4) is 0 Å². The van der Waals surface area contributed by atoms with E-state index in [9.17, 15) is 14.4 Å². The maximum Gasteiger partial charge on any atom is 0.267 e. The van der Waals surface area contributed by atoms with Crippen molar-refractivity contribution < 1.29 is 14.3 Å². The van der Waals surface area contributed by atoms with Crippen molar-refractivity contribution in [2.75, 3.05) is 12.4 Å². The Kier molecular flexibility index (Phi) is 5.50. The van der Waals surface area contributed by atoms with E-state index >= 15 is 0 Å². The molecule has 0 bridgehead atoms. The van der Waals surface area contributed by atoms with Gasteiger partial charge in [-0.3, -0.25) is 14.4 Å². The second kappa shape index (κ2) is 8.17. The Hall–Kier alpha value is -3.94. The lowest BCUT2D eigenvalue weighted by Crippen LogP contribution is -2.30. The number of carbonyl (C=O) groups excluding carboxylic acids is 2. The van der Waals surface area contributed by atoms with E-state index in [1.807, 2.05) is 0 Å². The van der Waals surface area contributed by atoms with E-state index in [4.69, 9.17) is 10.5 Å². The lowest BCUT2D eigenvalue weighted by atomic mass is 10.1. The van der Waals surface area contributed by atoms with Gasteiger partial charge in [-0.25, -0.2) is 4.68 Å². The Morgan fingerprint density at radius 3 is 2.46 bits per heavy atom. The molecule has 0 aliphatic heterocycles. The zero-order valence-electron chi connectivity index (χ0n) is 15.1. The van der Waals surface area contributed by atoms with Crippen LogP contribution >= 0.6 is 0 Å². The fraction of sp³-hybridized carbons (Fsp3) is 0.100. The summed E-state index contributed by atoms with van der Waals surface area (Å²) in [6.45, 7) is -0.310. The van der Waals surface area contributed by atoms with Gasteiger partial charge in [0.25, 0.3) is 11.5 Å². The third-order valence-electron chi connectivity index (χ3n) is 4.01. The van der Waals surface area contributed by atoms with Crippen LogP contribution in [0, 0.1) is 0 Å². The highest BCUT2D eigenvalue weighted by Crippen LogP contribution is 2.19. The summed E-state index contributed by atoms with van der Waals surface area (Å²) in [6.07, 6.45) is 0. The molecule has 8 nitrogen and oxygen atoms in total. The van der Waals surface area contributed by atoms with Gasteiger partial charge < -0.3 is 15.8 Å². The summed E-state index contributed by atoms with van der Waals surface area (Å²) >= 11 is 0. The van der Waals surface area contributed by atoms with Gasteiger partial charge in [0.05, 0.1) is 24.1 Å². The van der Waals surface area contributed by atoms with Crippen LogP contribution in [0.15, 0.2) is 65.5 Å². The first-order valence-electron chi connectivity index (χ1n) is 8.39. The van der Waals surface area contributed by atoms with Gasteiger partial charge >= 0.3 is 0 Å². The van der Waals surface area contributed by atoms with Crippen LogP contribution in [0.1, 0.15) is 10.4 Å². The molecule has 0 unspecified atom stereocenters. The van der Waals surface area contributed by atoms with Crippen LogP contribution in [0.2, 0.25) is 0 Å². The smallest absolute Gasteiger partial charge is 0.267 e. The number of hydrogen-bond donors (Lipinski definition) is 2. The zero-order chi connectivity index (χ0) is 20.1. The van der Waals surface area contributed by atoms with Crippen molar-refractivity contribution in [3.8, 4) is 17.0 Å². The molecule has 1 heterocycles. The van der Waals surface area contributed by atoms with Crippen molar-refractivity contribution in [2.24, 2.45) is 5.73 Å². The molecule has 0 saturated carbocycles. The van der Waals surface area contributed by atoms with Gasteiger partial charge in [-0.1, -0.05) is 12.1 Å². The number of rotatable bonds is 6. The second-order valence-electron chi connectivity index (χ2n) is 5.90.